The molecule has 1 saturated carbocycles. The van der Waals surface area contributed by atoms with Gasteiger partial charge < -0.3 is 23.7 Å². The molecule has 2 amide bonds. The van der Waals surface area contributed by atoms with Gasteiger partial charge in [0.2, 0.25) is 0 Å². The van der Waals surface area contributed by atoms with Crippen LogP contribution in [0.4, 0.5) is 0 Å². The Kier molecular flexibility index (Phi) is 14.9. The molecule has 0 saturated heterocycles. The van der Waals surface area contributed by atoms with E-state index in [0.29, 0.717) is 61.8 Å². The molecule has 0 radical (unpaired) electrons. The Morgan fingerprint density at radius 3 is 1.88 bits per heavy atom. The molecule has 0 aromatic heterocycles. The van der Waals surface area contributed by atoms with Crippen LogP contribution in [0.1, 0.15) is 87.4 Å². The highest BCUT2D eigenvalue weighted by Gasteiger charge is 2.22. The maximum absolute atomic E-state index is 12.6. The second-order valence-electron chi connectivity index (χ2n) is 12.0. The Bertz CT molecular complexity index is 1440. The summed E-state index contributed by atoms with van der Waals surface area (Å²) in [4.78, 5) is 61.1. The first-order valence-electron chi connectivity index (χ1n) is 17.0. The van der Waals surface area contributed by atoms with Crippen LogP contribution in [-0.2, 0) is 28.7 Å². The molecule has 0 N–H and O–H groups in total. The largest absolute Gasteiger partial charge is 0.494 e. The molecule has 2 aromatic rings. The van der Waals surface area contributed by atoms with Gasteiger partial charge in [-0.1, -0.05) is 13.0 Å². The number of carbonyl (C=O) groups excluding carboxylic acids is 5. The lowest BCUT2D eigenvalue weighted by molar-refractivity contribution is -0.151. The molecule has 2 aromatic carbocycles. The van der Waals surface area contributed by atoms with Crippen molar-refractivity contribution < 1.29 is 47.7 Å². The van der Waals surface area contributed by atoms with Crippen LogP contribution in [0, 0.1) is 0 Å². The predicted octanol–water partition coefficient (Wildman–Crippen LogP) is 6.29. The van der Waals surface area contributed by atoms with E-state index in [1.165, 1.54) is 23.5 Å². The van der Waals surface area contributed by atoms with Crippen LogP contribution in [0.15, 0.2) is 72.8 Å². The SMILES string of the molecule is C=C(CC(=O)OC1CCCCC1)C(=O)OCCCCCCOc1ccc(C(=O)Oc2ccc(OCCCCN3C(=O)C=CC3=O)cc2)cc1. The molecule has 1 heterocycles. The fourth-order valence-corrected chi connectivity index (χ4v) is 5.34. The predicted molar refractivity (Wildman–Crippen MR) is 180 cm³/mol. The lowest BCUT2D eigenvalue weighted by Crippen LogP contribution is -2.31. The number of hydrogen-bond acceptors (Lipinski definition) is 10. The molecular weight excluding hydrogens is 630 g/mol. The van der Waals surface area contributed by atoms with E-state index < -0.39 is 17.9 Å². The number of hydrogen-bond donors (Lipinski definition) is 0. The van der Waals surface area contributed by atoms with Crippen LogP contribution in [0.25, 0.3) is 0 Å². The van der Waals surface area contributed by atoms with Crippen LogP contribution in [0.5, 0.6) is 17.2 Å². The normalized spacial score (nSPS) is 14.4. The minimum Gasteiger partial charge on any atom is -0.494 e. The summed E-state index contributed by atoms with van der Waals surface area (Å²) >= 11 is 0. The molecule has 1 fully saturated rings. The van der Waals surface area contributed by atoms with Crippen molar-refractivity contribution in [1.82, 2.24) is 4.90 Å². The first-order chi connectivity index (χ1) is 23.8. The third-order valence-corrected chi connectivity index (χ3v) is 8.11. The van der Waals surface area contributed by atoms with Gasteiger partial charge in [0.25, 0.3) is 11.8 Å². The van der Waals surface area contributed by atoms with E-state index in [9.17, 15) is 24.0 Å². The van der Waals surface area contributed by atoms with Crippen LogP contribution < -0.4 is 14.2 Å². The van der Waals surface area contributed by atoms with Crippen molar-refractivity contribution in [2.45, 2.75) is 83.2 Å². The number of benzene rings is 2. The molecular formula is C38H45NO10. The first kappa shape index (κ1) is 36.9. The fraction of sp³-hybridized carbons (Fsp3) is 0.447. The van der Waals surface area contributed by atoms with Crippen molar-refractivity contribution >= 4 is 29.7 Å². The van der Waals surface area contributed by atoms with Gasteiger partial charge in [0.05, 0.1) is 31.8 Å². The number of rotatable bonds is 20. The van der Waals surface area contributed by atoms with Crippen molar-refractivity contribution in [1.29, 1.82) is 0 Å². The van der Waals surface area contributed by atoms with E-state index in [-0.39, 0.29) is 36.5 Å². The Balaban J connectivity index is 1.01. The Labute approximate surface area is 287 Å². The molecule has 0 atom stereocenters. The molecule has 2 aliphatic rings. The maximum atomic E-state index is 12.6. The highest BCUT2D eigenvalue weighted by molar-refractivity contribution is 6.12. The van der Waals surface area contributed by atoms with Crippen molar-refractivity contribution in [3.05, 3.63) is 78.4 Å². The van der Waals surface area contributed by atoms with E-state index in [4.69, 9.17) is 23.7 Å². The molecule has 1 aliphatic carbocycles. The number of ether oxygens (including phenoxy) is 5. The Hall–Kier alpha value is -4.93. The van der Waals surface area contributed by atoms with Gasteiger partial charge in [-0.15, -0.1) is 0 Å². The van der Waals surface area contributed by atoms with E-state index >= 15 is 0 Å². The van der Waals surface area contributed by atoms with Gasteiger partial charge in [-0.2, -0.15) is 0 Å². The van der Waals surface area contributed by atoms with Crippen LogP contribution in [0.2, 0.25) is 0 Å². The number of carbonyl (C=O) groups is 5. The van der Waals surface area contributed by atoms with Crippen molar-refractivity contribution in [3.8, 4) is 17.2 Å². The van der Waals surface area contributed by atoms with Gasteiger partial charge in [0.15, 0.2) is 0 Å². The van der Waals surface area contributed by atoms with E-state index in [2.05, 4.69) is 6.58 Å². The minimum absolute atomic E-state index is 0.0480. The number of unbranched alkanes of at least 4 members (excludes halogenated alkanes) is 4. The molecule has 4 rings (SSSR count). The van der Waals surface area contributed by atoms with Gasteiger partial charge in [-0.05, 0) is 113 Å². The van der Waals surface area contributed by atoms with Gasteiger partial charge in [-0.25, -0.2) is 9.59 Å². The third-order valence-electron chi connectivity index (χ3n) is 8.11. The Morgan fingerprint density at radius 2 is 1.24 bits per heavy atom. The lowest BCUT2D eigenvalue weighted by Gasteiger charge is -2.21. The summed E-state index contributed by atoms with van der Waals surface area (Å²) in [5, 5.41) is 0. The summed E-state index contributed by atoms with van der Waals surface area (Å²) < 4.78 is 27.6. The van der Waals surface area contributed by atoms with Crippen molar-refractivity contribution in [2.24, 2.45) is 0 Å². The van der Waals surface area contributed by atoms with Crippen LogP contribution in [0.3, 0.4) is 0 Å². The molecule has 1 aliphatic heterocycles. The van der Waals surface area contributed by atoms with E-state index in [1.54, 1.807) is 48.5 Å². The zero-order valence-corrected chi connectivity index (χ0v) is 27.9. The summed E-state index contributed by atoms with van der Waals surface area (Å²) in [6.07, 6.45) is 12.0. The summed E-state index contributed by atoms with van der Waals surface area (Å²) in [6.45, 7) is 5.23. The average molecular weight is 676 g/mol. The van der Waals surface area contributed by atoms with Crippen LogP contribution >= 0.6 is 0 Å². The lowest BCUT2D eigenvalue weighted by atomic mass is 9.98. The molecule has 49 heavy (non-hydrogen) atoms. The Morgan fingerprint density at radius 1 is 0.694 bits per heavy atom. The zero-order valence-electron chi connectivity index (χ0n) is 27.9. The van der Waals surface area contributed by atoms with Gasteiger partial charge in [0.1, 0.15) is 23.4 Å². The average Bonchev–Trinajstić information content (AvgIpc) is 3.42. The molecule has 0 spiro atoms. The third kappa shape index (κ3) is 12.9. The van der Waals surface area contributed by atoms with Gasteiger partial charge in [0, 0.05) is 24.3 Å². The number of amides is 2. The number of esters is 3. The minimum atomic E-state index is -0.560. The second-order valence-corrected chi connectivity index (χ2v) is 12.0. The van der Waals surface area contributed by atoms with Gasteiger partial charge in [-0.3, -0.25) is 19.3 Å². The quantitative estimate of drug-likeness (QED) is 0.0518. The molecule has 262 valence electrons. The molecule has 11 nitrogen and oxygen atoms in total. The van der Waals surface area contributed by atoms with E-state index in [1.807, 2.05) is 0 Å². The monoisotopic (exact) mass is 675 g/mol. The molecule has 0 unspecified atom stereocenters. The standard InChI is InChI=1S/C38H45NO10/c1-28(27-36(42)48-32-11-5-4-6-12-32)37(43)47-26-9-3-2-8-24-45-30-15-13-29(14-16-30)38(44)49-33-19-17-31(18-20-33)46-25-10-7-23-39-34(40)21-22-35(39)41/h13-22,32H,1-12,23-27H2. The fourth-order valence-electron chi connectivity index (χ4n) is 5.34. The number of imide groups is 1. The van der Waals surface area contributed by atoms with Gasteiger partial charge >= 0.3 is 17.9 Å². The number of nitrogens with zero attached hydrogens (tertiary/aromatic N) is 1. The van der Waals surface area contributed by atoms with E-state index in [0.717, 1.165) is 44.9 Å². The maximum Gasteiger partial charge on any atom is 0.343 e. The summed E-state index contributed by atoms with van der Waals surface area (Å²) in [5.74, 6) is -0.406. The summed E-state index contributed by atoms with van der Waals surface area (Å²) in [5.41, 5.74) is 0.501. The second kappa shape index (κ2) is 19.8. The molecule has 0 bridgehead atoms. The zero-order chi connectivity index (χ0) is 34.8. The smallest absolute Gasteiger partial charge is 0.343 e. The summed E-state index contributed by atoms with van der Waals surface area (Å²) in [7, 11) is 0. The first-order valence-corrected chi connectivity index (χ1v) is 17.0. The van der Waals surface area contributed by atoms with Crippen molar-refractivity contribution in [3.63, 3.8) is 0 Å². The summed E-state index contributed by atoms with van der Waals surface area (Å²) in [6, 6.07) is 13.4. The van der Waals surface area contributed by atoms with Crippen molar-refractivity contribution in [2.75, 3.05) is 26.4 Å². The topological polar surface area (TPSA) is 135 Å². The molecule has 11 heteroatoms. The van der Waals surface area contributed by atoms with Crippen LogP contribution in [-0.4, -0.2) is 67.1 Å². The highest BCUT2D eigenvalue weighted by atomic mass is 16.5. The highest BCUT2D eigenvalue weighted by Crippen LogP contribution is 2.22.